The molecule has 6 heteroatoms. The monoisotopic (exact) mass is 396 g/mol. The molecule has 0 atom stereocenters. The molecule has 0 aliphatic rings. The Morgan fingerprint density at radius 2 is 2.04 bits per heavy atom. The number of benzene rings is 2. The van der Waals surface area contributed by atoms with Crippen molar-refractivity contribution in [1.82, 2.24) is 4.57 Å². The lowest BCUT2D eigenvalue weighted by atomic mass is 10.2. The van der Waals surface area contributed by atoms with Gasteiger partial charge in [-0.3, -0.25) is 4.79 Å². The first-order valence-corrected chi connectivity index (χ1v) is 9.89. The van der Waals surface area contributed by atoms with E-state index in [4.69, 9.17) is 18.0 Å². The van der Waals surface area contributed by atoms with Gasteiger partial charge in [-0.05, 0) is 30.7 Å². The van der Waals surface area contributed by atoms with E-state index in [1.807, 2.05) is 47.9 Å². The number of hydrogen-bond acceptors (Lipinski definition) is 3. The molecule has 0 aliphatic carbocycles. The van der Waals surface area contributed by atoms with Gasteiger partial charge in [0.1, 0.15) is 4.88 Å². The second kappa shape index (κ2) is 6.73. The molecule has 0 fully saturated rings. The number of aryl methyl sites for hydroxylation is 1. The number of halogens is 1. The van der Waals surface area contributed by atoms with Crippen molar-refractivity contribution in [2.75, 3.05) is 0 Å². The smallest absolute Gasteiger partial charge is 0.291 e. The fourth-order valence-corrected chi connectivity index (χ4v) is 5.32. The summed E-state index contributed by atoms with van der Waals surface area (Å²) in [6, 6.07) is 13.8. The maximum atomic E-state index is 12.8. The van der Waals surface area contributed by atoms with Crippen LogP contribution in [0.5, 0.6) is 0 Å². The number of aromatic nitrogens is 1. The molecule has 4 rings (SSSR count). The van der Waals surface area contributed by atoms with Gasteiger partial charge in [-0.15, -0.1) is 17.8 Å². The van der Waals surface area contributed by atoms with Crippen molar-refractivity contribution in [3.05, 3.63) is 62.7 Å². The fraction of sp³-hybridized carbons (Fsp3) is 0.100. The lowest BCUT2D eigenvalue weighted by molar-refractivity contribution is 0.100. The predicted molar refractivity (Wildman–Crippen MR) is 110 cm³/mol. The van der Waals surface area contributed by atoms with Gasteiger partial charge in [-0.1, -0.05) is 53.1 Å². The van der Waals surface area contributed by atoms with E-state index in [1.54, 1.807) is 0 Å². The summed E-state index contributed by atoms with van der Waals surface area (Å²) in [5.74, 6) is 2.30. The predicted octanol–water partition coefficient (Wildman–Crippen LogP) is 5.25. The van der Waals surface area contributed by atoms with Crippen molar-refractivity contribution in [3.8, 4) is 12.3 Å². The maximum absolute atomic E-state index is 12.8. The Bertz CT molecular complexity index is 1270. The lowest BCUT2D eigenvalue weighted by Crippen LogP contribution is -2.16. The molecule has 0 aliphatic heterocycles. The Hall–Kier alpha value is -2.39. The third kappa shape index (κ3) is 2.86. The quantitative estimate of drug-likeness (QED) is 0.426. The molecular formula is C20H13ClN2OS2. The number of rotatable bonds is 2. The van der Waals surface area contributed by atoms with Gasteiger partial charge in [0.2, 0.25) is 0 Å². The number of nitrogens with zero attached hydrogens (tertiary/aromatic N) is 2. The maximum Gasteiger partial charge on any atom is 0.291 e. The van der Waals surface area contributed by atoms with Crippen LogP contribution in [-0.4, -0.2) is 10.5 Å². The first-order valence-electron chi connectivity index (χ1n) is 7.88. The molecule has 1 amide bonds. The number of thiazole rings is 1. The molecule has 2 aromatic carbocycles. The molecular weight excluding hydrogens is 384 g/mol. The second-order valence-electron chi connectivity index (χ2n) is 5.80. The lowest BCUT2D eigenvalue weighted by Gasteiger charge is -1.99. The average molecular weight is 397 g/mol. The number of carbonyl (C=O) groups is 1. The van der Waals surface area contributed by atoms with Gasteiger partial charge in [0.15, 0.2) is 4.80 Å². The van der Waals surface area contributed by atoms with E-state index in [-0.39, 0.29) is 5.91 Å². The highest BCUT2D eigenvalue weighted by Crippen LogP contribution is 2.35. The Balaban J connectivity index is 1.89. The third-order valence-corrected chi connectivity index (χ3v) is 6.72. The highest BCUT2D eigenvalue weighted by molar-refractivity contribution is 7.21. The molecule has 0 bridgehead atoms. The molecule has 4 aromatic rings. The van der Waals surface area contributed by atoms with Crippen LogP contribution >= 0.6 is 34.3 Å². The van der Waals surface area contributed by atoms with Crippen LogP contribution in [0.1, 0.15) is 15.2 Å². The minimum absolute atomic E-state index is 0.342. The number of amides is 1. The van der Waals surface area contributed by atoms with Gasteiger partial charge >= 0.3 is 0 Å². The number of carbonyl (C=O) groups excluding carboxylic acids is 1. The SMILES string of the molecule is C#CCn1c(=NC(=O)c2sc3ccccc3c2Cl)sc2cc(C)ccc21. The van der Waals surface area contributed by atoms with E-state index in [2.05, 4.69) is 17.0 Å². The van der Waals surface area contributed by atoms with Crippen molar-refractivity contribution < 1.29 is 4.79 Å². The summed E-state index contributed by atoms with van der Waals surface area (Å²) in [6.07, 6.45) is 5.51. The van der Waals surface area contributed by atoms with E-state index in [1.165, 1.54) is 22.7 Å². The van der Waals surface area contributed by atoms with Crippen molar-refractivity contribution >= 4 is 60.5 Å². The van der Waals surface area contributed by atoms with Crippen LogP contribution in [0.4, 0.5) is 0 Å². The second-order valence-corrected chi connectivity index (χ2v) is 8.24. The van der Waals surface area contributed by atoms with Crippen LogP contribution in [0.15, 0.2) is 47.5 Å². The Kier molecular flexibility index (Phi) is 4.41. The van der Waals surface area contributed by atoms with Crippen LogP contribution in [0.25, 0.3) is 20.3 Å². The van der Waals surface area contributed by atoms with Gasteiger partial charge in [-0.2, -0.15) is 4.99 Å². The minimum Gasteiger partial charge on any atom is -0.305 e. The third-order valence-electron chi connectivity index (χ3n) is 4.01. The molecule has 0 spiro atoms. The Morgan fingerprint density at radius 3 is 2.81 bits per heavy atom. The molecule has 128 valence electrons. The number of fused-ring (bicyclic) bond motifs is 2. The van der Waals surface area contributed by atoms with Crippen molar-refractivity contribution in [3.63, 3.8) is 0 Å². The van der Waals surface area contributed by atoms with Crippen molar-refractivity contribution in [2.45, 2.75) is 13.5 Å². The van der Waals surface area contributed by atoms with E-state index in [9.17, 15) is 4.79 Å². The van der Waals surface area contributed by atoms with Crippen LogP contribution in [0.2, 0.25) is 5.02 Å². The van der Waals surface area contributed by atoms with Gasteiger partial charge < -0.3 is 4.57 Å². The van der Waals surface area contributed by atoms with Gasteiger partial charge in [0.25, 0.3) is 5.91 Å². The molecule has 2 heterocycles. The van der Waals surface area contributed by atoms with E-state index >= 15 is 0 Å². The van der Waals surface area contributed by atoms with E-state index in [0.717, 1.165) is 25.9 Å². The van der Waals surface area contributed by atoms with Crippen LogP contribution in [0.3, 0.4) is 0 Å². The summed E-state index contributed by atoms with van der Waals surface area (Å²) in [6.45, 7) is 2.39. The largest absolute Gasteiger partial charge is 0.305 e. The highest BCUT2D eigenvalue weighted by Gasteiger charge is 2.17. The van der Waals surface area contributed by atoms with Crippen LogP contribution in [0, 0.1) is 19.3 Å². The first kappa shape index (κ1) is 17.0. The normalized spacial score (nSPS) is 12.0. The summed E-state index contributed by atoms with van der Waals surface area (Å²) in [5, 5.41) is 1.33. The number of hydrogen-bond donors (Lipinski definition) is 0. The molecule has 0 radical (unpaired) electrons. The van der Waals surface area contributed by atoms with Crippen LogP contribution in [-0.2, 0) is 6.54 Å². The summed E-state index contributed by atoms with van der Waals surface area (Å²) in [5.41, 5.74) is 2.13. The molecule has 0 N–H and O–H groups in total. The van der Waals surface area contributed by atoms with Gasteiger partial charge in [-0.25, -0.2) is 0 Å². The number of terminal acetylenes is 1. The molecule has 0 saturated heterocycles. The number of thiophene rings is 1. The minimum atomic E-state index is -0.342. The van der Waals surface area contributed by atoms with Gasteiger partial charge in [0, 0.05) is 10.1 Å². The Morgan fingerprint density at radius 1 is 1.23 bits per heavy atom. The van der Waals surface area contributed by atoms with E-state index < -0.39 is 0 Å². The summed E-state index contributed by atoms with van der Waals surface area (Å²) in [4.78, 5) is 18.2. The molecule has 0 unspecified atom stereocenters. The van der Waals surface area contributed by atoms with Crippen LogP contribution < -0.4 is 4.80 Å². The zero-order valence-corrected chi connectivity index (χ0v) is 16.2. The average Bonchev–Trinajstić information content (AvgIpc) is 3.13. The zero-order valence-electron chi connectivity index (χ0n) is 13.8. The summed E-state index contributed by atoms with van der Waals surface area (Å²) >= 11 is 9.23. The topological polar surface area (TPSA) is 34.4 Å². The summed E-state index contributed by atoms with van der Waals surface area (Å²) < 4.78 is 3.91. The molecule has 26 heavy (non-hydrogen) atoms. The molecule has 2 aromatic heterocycles. The van der Waals surface area contributed by atoms with Crippen molar-refractivity contribution in [1.29, 1.82) is 0 Å². The fourth-order valence-electron chi connectivity index (χ4n) is 2.80. The zero-order chi connectivity index (χ0) is 18.3. The molecule has 0 saturated carbocycles. The standard InChI is InChI=1S/C20H13ClN2OS2/c1-3-10-23-14-9-8-12(2)11-16(14)26-20(23)22-19(24)18-17(21)13-6-4-5-7-15(13)25-18/h1,4-9,11H,10H2,2H3. The van der Waals surface area contributed by atoms with E-state index in [0.29, 0.717) is 21.2 Å². The first-order chi connectivity index (χ1) is 12.6. The highest BCUT2D eigenvalue weighted by atomic mass is 35.5. The summed E-state index contributed by atoms with van der Waals surface area (Å²) in [7, 11) is 0. The van der Waals surface area contributed by atoms with Gasteiger partial charge in [0.05, 0.1) is 21.8 Å². The molecule has 3 nitrogen and oxygen atoms in total. The Labute approximate surface area is 163 Å². The van der Waals surface area contributed by atoms with Crippen molar-refractivity contribution in [2.24, 2.45) is 4.99 Å².